The highest BCUT2D eigenvalue weighted by Gasteiger charge is 2.12. The van der Waals surface area contributed by atoms with Gasteiger partial charge in [0.05, 0.1) is 0 Å². The summed E-state index contributed by atoms with van der Waals surface area (Å²) in [6, 6.07) is 20.5. The normalized spacial score (nSPS) is 11.5. The number of unbranched alkanes of at least 4 members (excludes halogenated alkanes) is 3. The molecule has 0 saturated heterocycles. The minimum atomic E-state index is 0.864. The van der Waals surface area contributed by atoms with Gasteiger partial charge in [-0.2, -0.15) is 5.48 Å². The number of benzene rings is 1. The Hall–Kier alpha value is -2.59. The van der Waals surface area contributed by atoms with E-state index >= 15 is 0 Å². The number of hydroxylamine groups is 1. The van der Waals surface area contributed by atoms with E-state index in [9.17, 15) is 0 Å². The molecule has 0 aliphatic heterocycles. The summed E-state index contributed by atoms with van der Waals surface area (Å²) in [6.45, 7) is 2.89. The molecule has 2 heterocycles. The first-order valence-electron chi connectivity index (χ1n) is 10.4. The van der Waals surface area contributed by atoms with Gasteiger partial charge in [-0.25, -0.2) is 9.97 Å². The number of nitrogens with one attached hydrogen (secondary N) is 1. The van der Waals surface area contributed by atoms with Crippen LogP contribution in [-0.2, 0) is 0 Å². The number of hydrogen-bond acceptors (Lipinski definition) is 4. The summed E-state index contributed by atoms with van der Waals surface area (Å²) in [7, 11) is 1.10. The molecule has 2 N–H and O–H groups in total. The first-order valence-corrected chi connectivity index (χ1v) is 11.7. The van der Waals surface area contributed by atoms with E-state index in [0.717, 1.165) is 69.5 Å². The van der Waals surface area contributed by atoms with E-state index in [4.69, 9.17) is 5.21 Å². The van der Waals surface area contributed by atoms with Gasteiger partial charge in [0.25, 0.3) is 0 Å². The van der Waals surface area contributed by atoms with Crippen LogP contribution in [0.4, 0.5) is 11.6 Å². The molecule has 0 atom stereocenters. The zero-order chi connectivity index (χ0) is 21.0. The Morgan fingerprint density at radius 1 is 0.867 bits per heavy atom. The van der Waals surface area contributed by atoms with Gasteiger partial charge in [0.2, 0.25) is 0 Å². The monoisotopic (exact) mass is 420 g/mol. The molecule has 2 aromatic heterocycles. The molecule has 3 aromatic rings. The van der Waals surface area contributed by atoms with Crippen LogP contribution in [-0.4, -0.2) is 33.8 Å². The number of hydrogen-bond donors (Lipinski definition) is 2. The van der Waals surface area contributed by atoms with Gasteiger partial charge in [-0.05, 0) is 61.3 Å². The van der Waals surface area contributed by atoms with Gasteiger partial charge in [-0.15, -0.1) is 0 Å². The van der Waals surface area contributed by atoms with E-state index in [0.29, 0.717) is 0 Å². The minimum absolute atomic E-state index is 0.864. The second-order valence-electron chi connectivity index (χ2n) is 7.05. The van der Waals surface area contributed by atoms with Gasteiger partial charge >= 0.3 is 0 Å². The lowest BCUT2D eigenvalue weighted by Gasteiger charge is -2.23. The largest absolute Gasteiger partial charge is 0.312 e. The maximum atomic E-state index is 9.04. The molecular weight excluding hydrogens is 391 g/mol. The molecule has 0 saturated carbocycles. The van der Waals surface area contributed by atoms with Crippen molar-refractivity contribution in [2.45, 2.75) is 32.1 Å². The summed E-state index contributed by atoms with van der Waals surface area (Å²) in [5.74, 6) is 1.83. The molecule has 5 nitrogen and oxygen atoms in total. The van der Waals surface area contributed by atoms with E-state index in [-0.39, 0.29) is 0 Å². The summed E-state index contributed by atoms with van der Waals surface area (Å²) in [5.41, 5.74) is 5.62. The Balaban J connectivity index is 1.67. The average molecular weight is 420 g/mol. The van der Waals surface area contributed by atoms with Crippen LogP contribution in [0.25, 0.3) is 11.1 Å². The number of aromatic nitrogens is 2. The number of nitrogens with zero attached hydrogens (tertiary/aromatic N) is 3. The second kappa shape index (κ2) is 12.2. The second-order valence-corrected chi connectivity index (χ2v) is 8.04. The van der Waals surface area contributed by atoms with E-state index in [1.165, 1.54) is 5.56 Å². The fourth-order valence-corrected chi connectivity index (χ4v) is 3.85. The topological polar surface area (TPSA) is 61.3 Å². The molecule has 3 rings (SSSR count). The molecule has 0 aliphatic carbocycles. The highest BCUT2D eigenvalue weighted by molar-refractivity contribution is 7.39. The molecule has 0 unspecified atom stereocenters. The lowest BCUT2D eigenvalue weighted by molar-refractivity contribution is 0.234. The molecule has 0 amide bonds. The van der Waals surface area contributed by atoms with Gasteiger partial charge in [0.15, 0.2) is 0 Å². The van der Waals surface area contributed by atoms with Crippen molar-refractivity contribution in [1.29, 1.82) is 0 Å². The first kappa shape index (κ1) is 22.1. The molecule has 156 valence electrons. The van der Waals surface area contributed by atoms with Crippen molar-refractivity contribution in [3.8, 4) is 11.1 Å². The number of anilines is 2. The number of rotatable bonds is 11. The maximum Gasteiger partial charge on any atom is 0.134 e. The van der Waals surface area contributed by atoms with Crippen molar-refractivity contribution >= 4 is 25.3 Å². The molecule has 6 heteroatoms. The SMILES string of the molecule is C/P=C(\CCCCCCN(c1ccccn1)c1cc(-c2ccccc2)ccn1)NO. The van der Waals surface area contributed by atoms with Crippen LogP contribution >= 0.6 is 8.20 Å². The van der Waals surface area contributed by atoms with Crippen LogP contribution < -0.4 is 10.4 Å². The predicted molar refractivity (Wildman–Crippen MR) is 127 cm³/mol. The Labute approximate surface area is 180 Å². The highest BCUT2D eigenvalue weighted by Crippen LogP contribution is 2.27. The fourth-order valence-electron chi connectivity index (χ4n) is 3.37. The van der Waals surface area contributed by atoms with Crippen LogP contribution in [0.5, 0.6) is 0 Å². The van der Waals surface area contributed by atoms with Gasteiger partial charge in [-0.1, -0.05) is 57.4 Å². The van der Waals surface area contributed by atoms with Crippen molar-refractivity contribution in [1.82, 2.24) is 15.4 Å². The quantitative estimate of drug-likeness (QED) is 0.229. The zero-order valence-corrected chi connectivity index (χ0v) is 18.3. The third-order valence-corrected chi connectivity index (χ3v) is 5.86. The Morgan fingerprint density at radius 3 is 2.37 bits per heavy atom. The highest BCUT2D eigenvalue weighted by atomic mass is 31.1. The third kappa shape index (κ3) is 6.46. The van der Waals surface area contributed by atoms with E-state index in [1.54, 1.807) is 0 Å². The van der Waals surface area contributed by atoms with Crippen molar-refractivity contribution in [2.24, 2.45) is 0 Å². The molecule has 0 fully saturated rings. The average Bonchev–Trinajstić information content (AvgIpc) is 2.82. The molecule has 1 aromatic carbocycles. The zero-order valence-electron chi connectivity index (χ0n) is 17.4. The summed E-state index contributed by atoms with van der Waals surface area (Å²) in [6.07, 6.45) is 9.01. The van der Waals surface area contributed by atoms with Crippen LogP contribution in [0.2, 0.25) is 0 Å². The molecule has 0 spiro atoms. The Bertz CT molecular complexity index is 919. The molecule has 0 radical (unpaired) electrons. The van der Waals surface area contributed by atoms with Gasteiger partial charge in [0.1, 0.15) is 11.6 Å². The third-order valence-electron chi connectivity index (χ3n) is 5.00. The van der Waals surface area contributed by atoms with Crippen LogP contribution in [0, 0.1) is 0 Å². The Kier molecular flexibility index (Phi) is 8.98. The predicted octanol–water partition coefficient (Wildman–Crippen LogP) is 5.92. The molecule has 0 bridgehead atoms. The van der Waals surface area contributed by atoms with Crippen molar-refractivity contribution < 1.29 is 5.21 Å². The fraction of sp³-hybridized carbons (Fsp3) is 0.292. The van der Waals surface area contributed by atoms with Crippen LogP contribution in [0.1, 0.15) is 32.1 Å². The lowest BCUT2D eigenvalue weighted by Crippen LogP contribution is -2.20. The van der Waals surface area contributed by atoms with Crippen LogP contribution in [0.15, 0.2) is 73.1 Å². The van der Waals surface area contributed by atoms with Crippen molar-refractivity contribution in [2.75, 3.05) is 18.1 Å². The van der Waals surface area contributed by atoms with Gasteiger partial charge in [0, 0.05) is 24.4 Å². The molecule has 30 heavy (non-hydrogen) atoms. The summed E-state index contributed by atoms with van der Waals surface area (Å²) >= 11 is 0. The number of pyridine rings is 2. The minimum Gasteiger partial charge on any atom is -0.312 e. The lowest BCUT2D eigenvalue weighted by atomic mass is 10.1. The van der Waals surface area contributed by atoms with Crippen molar-refractivity contribution in [3.05, 3.63) is 73.1 Å². The smallest absolute Gasteiger partial charge is 0.134 e. The first-order chi connectivity index (χ1) is 14.8. The molecular formula is C24H29N4OP. The molecule has 0 aliphatic rings. The summed E-state index contributed by atoms with van der Waals surface area (Å²) in [5, 5.41) is 9.04. The van der Waals surface area contributed by atoms with Crippen molar-refractivity contribution in [3.63, 3.8) is 0 Å². The van der Waals surface area contributed by atoms with E-state index in [2.05, 4.69) is 50.7 Å². The van der Waals surface area contributed by atoms with Gasteiger partial charge < -0.3 is 10.1 Å². The van der Waals surface area contributed by atoms with E-state index in [1.807, 2.05) is 49.4 Å². The summed E-state index contributed by atoms with van der Waals surface area (Å²) < 4.78 is 0. The standard InChI is InChI=1S/C24H29N4OP/c1-30-24(27-29)14-7-2-3-10-18-28(22-13-8-9-16-25-22)23-19-21(15-17-26-23)20-11-5-4-6-12-20/h4-6,8-9,11-13,15-17,19,27,29H,2-3,7,10,14,18H2,1H3. The summed E-state index contributed by atoms with van der Waals surface area (Å²) in [4.78, 5) is 11.4. The van der Waals surface area contributed by atoms with Gasteiger partial charge in [-0.3, -0.25) is 0 Å². The van der Waals surface area contributed by atoms with E-state index < -0.39 is 0 Å². The van der Waals surface area contributed by atoms with Crippen LogP contribution in [0.3, 0.4) is 0 Å². The Morgan fingerprint density at radius 2 is 1.63 bits per heavy atom. The maximum absolute atomic E-state index is 9.04.